The Kier molecular flexibility index (Phi) is 8.24. The fraction of sp³-hybridized carbons (Fsp3) is 0.394. The largest absolute Gasteiger partial charge is 0.444 e. The van der Waals surface area contributed by atoms with Gasteiger partial charge in [0.1, 0.15) is 11.4 Å². The number of aryl methyl sites for hydroxylation is 1. The van der Waals surface area contributed by atoms with E-state index in [4.69, 9.17) is 19.4 Å². The van der Waals surface area contributed by atoms with Crippen LogP contribution in [0.2, 0.25) is 0 Å². The van der Waals surface area contributed by atoms with Crippen LogP contribution in [0, 0.1) is 6.92 Å². The molecule has 0 bridgehead atoms. The van der Waals surface area contributed by atoms with Gasteiger partial charge in [-0.25, -0.2) is 24.8 Å². The molecule has 230 valence electrons. The van der Waals surface area contributed by atoms with Crippen LogP contribution in [0.3, 0.4) is 0 Å². The summed E-state index contributed by atoms with van der Waals surface area (Å²) in [5.41, 5.74) is 2.86. The van der Waals surface area contributed by atoms with E-state index in [1.807, 2.05) is 69.1 Å². The molecule has 0 radical (unpaired) electrons. The molecule has 6 rings (SSSR count). The number of hydrogen-bond acceptors (Lipinski definition) is 10. The van der Waals surface area contributed by atoms with Crippen LogP contribution in [0.4, 0.5) is 16.4 Å². The lowest BCUT2D eigenvalue weighted by Gasteiger charge is -2.34. The number of likely N-dealkylation sites (N-methyl/N-ethyl adjacent to an activating group) is 1. The minimum absolute atomic E-state index is 0.00281. The van der Waals surface area contributed by atoms with Gasteiger partial charge in [0.2, 0.25) is 11.8 Å². The number of ether oxygens (including phenoxy) is 2. The SMILES string of the molecule is Cc1ccc2c(N3CCN(C)O3)cccc2c1Oc1ncccc1-c1ccnc(N[C@H]2CCCN(C(=O)OC(C)(C)C)C2)n1. The molecule has 2 aliphatic rings. The number of fused-ring (bicyclic) bond motifs is 1. The first-order chi connectivity index (χ1) is 21.1. The molecule has 0 aliphatic carbocycles. The molecule has 1 amide bonds. The van der Waals surface area contributed by atoms with E-state index in [9.17, 15) is 4.79 Å². The molecule has 2 aromatic heterocycles. The lowest BCUT2D eigenvalue weighted by Crippen LogP contribution is -2.47. The highest BCUT2D eigenvalue weighted by molar-refractivity contribution is 5.98. The van der Waals surface area contributed by atoms with Crippen LogP contribution in [0.25, 0.3) is 22.0 Å². The molecule has 2 fully saturated rings. The number of nitrogens with one attached hydrogen (secondary N) is 1. The third kappa shape index (κ3) is 6.53. The van der Waals surface area contributed by atoms with Gasteiger partial charge in [-0.15, -0.1) is 0 Å². The molecule has 2 aliphatic heterocycles. The smallest absolute Gasteiger partial charge is 0.410 e. The number of carbonyl (C=O) groups excluding carboxylic acids is 1. The Bertz CT molecular complexity index is 1660. The maximum Gasteiger partial charge on any atom is 0.410 e. The van der Waals surface area contributed by atoms with E-state index in [-0.39, 0.29) is 12.1 Å². The van der Waals surface area contributed by atoms with Crippen molar-refractivity contribution in [1.29, 1.82) is 0 Å². The molecule has 11 nitrogen and oxygen atoms in total. The number of pyridine rings is 1. The number of amides is 1. The number of benzene rings is 2. The normalized spacial score (nSPS) is 17.6. The topological polar surface area (TPSA) is 105 Å². The zero-order valence-electron chi connectivity index (χ0n) is 25.9. The van der Waals surface area contributed by atoms with Gasteiger partial charge in [0.15, 0.2) is 0 Å². The average molecular weight is 598 g/mol. The highest BCUT2D eigenvalue weighted by Gasteiger charge is 2.28. The van der Waals surface area contributed by atoms with Gasteiger partial charge in [-0.3, -0.25) is 0 Å². The van der Waals surface area contributed by atoms with Crippen LogP contribution >= 0.6 is 0 Å². The van der Waals surface area contributed by atoms with Crippen molar-refractivity contribution in [3.63, 3.8) is 0 Å². The van der Waals surface area contributed by atoms with Crippen LogP contribution < -0.4 is 15.1 Å². The van der Waals surface area contributed by atoms with Gasteiger partial charge in [-0.2, -0.15) is 10.0 Å². The van der Waals surface area contributed by atoms with Crippen molar-refractivity contribution in [2.24, 2.45) is 0 Å². The zero-order chi connectivity index (χ0) is 30.8. The van der Waals surface area contributed by atoms with Crippen LogP contribution in [0.15, 0.2) is 60.9 Å². The van der Waals surface area contributed by atoms with Crippen LogP contribution in [-0.4, -0.2) is 75.9 Å². The van der Waals surface area contributed by atoms with Crippen molar-refractivity contribution >= 4 is 28.5 Å². The third-order valence-corrected chi connectivity index (χ3v) is 7.62. The molecule has 0 saturated carbocycles. The summed E-state index contributed by atoms with van der Waals surface area (Å²) in [6, 6.07) is 15.9. The molecule has 4 aromatic rings. The number of likely N-dealkylation sites (tertiary alicyclic amines) is 1. The maximum absolute atomic E-state index is 12.7. The van der Waals surface area contributed by atoms with Gasteiger partial charge < -0.3 is 19.7 Å². The first kappa shape index (κ1) is 29.6. The minimum atomic E-state index is -0.537. The summed E-state index contributed by atoms with van der Waals surface area (Å²) in [6.45, 7) is 10.4. The first-order valence-corrected chi connectivity index (χ1v) is 15.0. The number of rotatable bonds is 6. The average Bonchev–Trinajstić information content (AvgIpc) is 3.44. The molecule has 44 heavy (non-hydrogen) atoms. The summed E-state index contributed by atoms with van der Waals surface area (Å²) in [5, 5.41) is 9.15. The number of hydrogen-bond donors (Lipinski definition) is 1. The van der Waals surface area contributed by atoms with E-state index in [2.05, 4.69) is 39.6 Å². The number of nitrogens with zero attached hydrogens (tertiary/aromatic N) is 6. The summed E-state index contributed by atoms with van der Waals surface area (Å²) in [4.78, 5) is 34.2. The zero-order valence-corrected chi connectivity index (χ0v) is 25.9. The Balaban J connectivity index is 1.24. The Morgan fingerprint density at radius 3 is 2.66 bits per heavy atom. The van der Waals surface area contributed by atoms with E-state index in [0.29, 0.717) is 30.6 Å². The predicted molar refractivity (Wildman–Crippen MR) is 170 cm³/mol. The minimum Gasteiger partial charge on any atom is -0.444 e. The van der Waals surface area contributed by atoms with Crippen molar-refractivity contribution in [2.45, 2.75) is 52.2 Å². The lowest BCUT2D eigenvalue weighted by molar-refractivity contribution is -0.101. The first-order valence-electron chi connectivity index (χ1n) is 15.0. The monoisotopic (exact) mass is 597 g/mol. The van der Waals surface area contributed by atoms with Gasteiger partial charge in [0, 0.05) is 55.9 Å². The molecule has 11 heteroatoms. The third-order valence-electron chi connectivity index (χ3n) is 7.62. The fourth-order valence-electron chi connectivity index (χ4n) is 5.53. The van der Waals surface area contributed by atoms with E-state index < -0.39 is 5.60 Å². The number of carbonyl (C=O) groups is 1. The molecule has 1 atom stereocenters. The Morgan fingerprint density at radius 1 is 1.00 bits per heavy atom. The highest BCUT2D eigenvalue weighted by Crippen LogP contribution is 2.40. The van der Waals surface area contributed by atoms with E-state index in [1.165, 1.54) is 0 Å². The fourth-order valence-corrected chi connectivity index (χ4v) is 5.53. The summed E-state index contributed by atoms with van der Waals surface area (Å²) in [6.07, 6.45) is 4.90. The lowest BCUT2D eigenvalue weighted by atomic mass is 10.0. The Morgan fingerprint density at radius 2 is 1.86 bits per heavy atom. The molecular formula is C33H39N7O4. The van der Waals surface area contributed by atoms with Crippen LogP contribution in [0.1, 0.15) is 39.2 Å². The second-order valence-electron chi connectivity index (χ2n) is 12.3. The van der Waals surface area contributed by atoms with Crippen LogP contribution in [0.5, 0.6) is 11.6 Å². The summed E-state index contributed by atoms with van der Waals surface area (Å²) >= 11 is 0. The molecule has 2 saturated heterocycles. The van der Waals surface area contributed by atoms with Crippen molar-refractivity contribution in [3.8, 4) is 22.9 Å². The number of anilines is 2. The van der Waals surface area contributed by atoms with E-state index in [1.54, 1.807) is 17.3 Å². The predicted octanol–water partition coefficient (Wildman–Crippen LogP) is 6.20. The van der Waals surface area contributed by atoms with Crippen molar-refractivity contribution in [3.05, 3.63) is 66.5 Å². The number of piperidine rings is 1. The Hall–Kier alpha value is -4.48. The number of aromatic nitrogens is 3. The van der Waals surface area contributed by atoms with E-state index >= 15 is 0 Å². The number of hydroxylamine groups is 3. The summed E-state index contributed by atoms with van der Waals surface area (Å²) in [5.74, 6) is 1.66. The second-order valence-corrected chi connectivity index (χ2v) is 12.3. The molecule has 1 N–H and O–H groups in total. The van der Waals surface area contributed by atoms with Gasteiger partial charge in [-0.05, 0) is 70.4 Å². The van der Waals surface area contributed by atoms with Gasteiger partial charge >= 0.3 is 6.09 Å². The van der Waals surface area contributed by atoms with Crippen molar-refractivity contribution < 1.29 is 19.2 Å². The van der Waals surface area contributed by atoms with Crippen molar-refractivity contribution in [2.75, 3.05) is 43.6 Å². The highest BCUT2D eigenvalue weighted by atomic mass is 16.8. The molecule has 0 spiro atoms. The second kappa shape index (κ2) is 12.3. The van der Waals surface area contributed by atoms with Crippen LogP contribution in [-0.2, 0) is 9.68 Å². The maximum atomic E-state index is 12.7. The van der Waals surface area contributed by atoms with Gasteiger partial charge in [0.25, 0.3) is 0 Å². The molecular weight excluding hydrogens is 558 g/mol. The van der Waals surface area contributed by atoms with Gasteiger partial charge in [-0.1, -0.05) is 24.3 Å². The Labute approximate surface area is 257 Å². The summed E-state index contributed by atoms with van der Waals surface area (Å²) in [7, 11) is 1.92. The quantitative estimate of drug-likeness (QED) is 0.276. The van der Waals surface area contributed by atoms with E-state index in [0.717, 1.165) is 59.3 Å². The van der Waals surface area contributed by atoms with Crippen molar-refractivity contribution in [1.82, 2.24) is 24.9 Å². The van der Waals surface area contributed by atoms with Gasteiger partial charge in [0.05, 0.1) is 23.5 Å². The molecule has 2 aromatic carbocycles. The molecule has 4 heterocycles. The molecule has 0 unspecified atom stereocenters. The summed E-state index contributed by atoms with van der Waals surface area (Å²) < 4.78 is 12.2. The standard InChI is InChI=1S/C33H39N7O4/c1-22-13-14-24-25(10-6-12-28(24)40-20-19-38(5)44-40)29(22)42-30-26(11-7-16-34-30)27-15-17-35-31(37-27)36-23-9-8-18-39(21-23)32(41)43-33(2,3)4/h6-7,10-17,23H,8-9,18-21H2,1-5H3,(H,35,36,37)/t23-/m0/s1.